The second kappa shape index (κ2) is 10.9. The van der Waals surface area contributed by atoms with Gasteiger partial charge in [0.05, 0.1) is 17.7 Å². The first-order chi connectivity index (χ1) is 15.8. The zero-order valence-corrected chi connectivity index (χ0v) is 19.5. The van der Waals surface area contributed by atoms with Crippen molar-refractivity contribution in [1.29, 1.82) is 5.26 Å². The van der Waals surface area contributed by atoms with Crippen LogP contribution in [0.15, 0.2) is 96.2 Å². The van der Waals surface area contributed by atoms with Gasteiger partial charge < -0.3 is 4.53 Å². The van der Waals surface area contributed by atoms with Crippen LogP contribution >= 0.6 is 0 Å². The van der Waals surface area contributed by atoms with Crippen molar-refractivity contribution in [3.63, 3.8) is 0 Å². The van der Waals surface area contributed by atoms with Gasteiger partial charge in [0.2, 0.25) is 0 Å². The maximum atomic E-state index is 9.64. The van der Waals surface area contributed by atoms with Crippen molar-refractivity contribution in [2.24, 2.45) is 11.1 Å². The molecule has 0 radical (unpaired) electrons. The van der Waals surface area contributed by atoms with E-state index in [1.807, 2.05) is 18.2 Å². The molecule has 0 bridgehead atoms. The lowest BCUT2D eigenvalue weighted by Crippen LogP contribution is -2.68. The van der Waals surface area contributed by atoms with Gasteiger partial charge in [-0.15, -0.1) is 5.16 Å². The molecule has 3 aromatic rings. The van der Waals surface area contributed by atoms with E-state index in [2.05, 4.69) is 78.9 Å². The monoisotopic (exact) mass is 438 g/mol. The predicted molar refractivity (Wildman–Crippen MR) is 134 cm³/mol. The van der Waals surface area contributed by atoms with Crippen molar-refractivity contribution in [2.45, 2.75) is 44.9 Å². The van der Waals surface area contributed by atoms with Crippen molar-refractivity contribution in [3.05, 3.63) is 91.0 Å². The van der Waals surface area contributed by atoms with Gasteiger partial charge in [0.1, 0.15) is 0 Å². The fraction of sp³-hybridized carbons (Fsp3) is 0.286. The zero-order valence-electron chi connectivity index (χ0n) is 18.5. The lowest BCUT2D eigenvalue weighted by atomic mass is 9.98. The van der Waals surface area contributed by atoms with Gasteiger partial charge in [0.25, 0.3) is 0 Å². The summed E-state index contributed by atoms with van der Waals surface area (Å²) < 4.78 is 6.77. The molecule has 1 aliphatic rings. The van der Waals surface area contributed by atoms with Crippen molar-refractivity contribution >= 4 is 29.6 Å². The van der Waals surface area contributed by atoms with Crippen LogP contribution in [-0.4, -0.2) is 14.0 Å². The maximum Gasteiger partial charge on any atom is 0.380 e. The molecule has 32 heavy (non-hydrogen) atoms. The van der Waals surface area contributed by atoms with Crippen molar-refractivity contribution < 1.29 is 4.53 Å². The first-order valence-corrected chi connectivity index (χ1v) is 13.5. The highest BCUT2D eigenvalue weighted by Gasteiger charge is 2.45. The molecule has 1 atom stereocenters. The summed E-state index contributed by atoms with van der Waals surface area (Å²) in [5.41, 5.74) is 1.03. The van der Waals surface area contributed by atoms with Crippen LogP contribution in [0.1, 0.15) is 44.9 Å². The molecule has 0 heterocycles. The summed E-state index contributed by atoms with van der Waals surface area (Å²) in [6.45, 7) is 0. The standard InChI is InChI=1S/C28H30N2OSi/c29-23-24-14-6-1-2-7-15-25(22-24)30-31-32(26-16-8-3-9-17-26,27-18-10-4-11-19-27)28-20-12-5-13-21-28/h3-5,8-13,16-21,24H,1-2,6-7,14-15,22H2/b30-25+. The van der Waals surface area contributed by atoms with E-state index in [0.717, 1.165) is 31.4 Å². The van der Waals surface area contributed by atoms with Crippen molar-refractivity contribution in [3.8, 4) is 6.07 Å². The molecule has 3 aromatic carbocycles. The third-order valence-corrected chi connectivity index (χ3v) is 10.1. The molecule has 0 amide bonds. The Balaban J connectivity index is 1.82. The van der Waals surface area contributed by atoms with E-state index < -0.39 is 8.32 Å². The normalized spacial score (nSPS) is 18.7. The van der Waals surface area contributed by atoms with Crippen LogP contribution in [0.3, 0.4) is 0 Å². The average molecular weight is 439 g/mol. The van der Waals surface area contributed by atoms with E-state index >= 15 is 0 Å². The van der Waals surface area contributed by atoms with Gasteiger partial charge in [-0.05, 0) is 34.8 Å². The summed E-state index contributed by atoms with van der Waals surface area (Å²) in [5.74, 6) is 0.0247. The van der Waals surface area contributed by atoms with Crippen LogP contribution < -0.4 is 15.6 Å². The van der Waals surface area contributed by atoms with E-state index in [1.54, 1.807) is 0 Å². The number of oxime groups is 1. The Kier molecular flexibility index (Phi) is 7.53. The van der Waals surface area contributed by atoms with Crippen LogP contribution in [0.5, 0.6) is 0 Å². The quantitative estimate of drug-likeness (QED) is 0.323. The van der Waals surface area contributed by atoms with E-state index in [-0.39, 0.29) is 5.92 Å². The molecule has 162 valence electrons. The lowest BCUT2D eigenvalue weighted by Gasteiger charge is -2.30. The second-order valence-corrected chi connectivity index (χ2v) is 11.8. The lowest BCUT2D eigenvalue weighted by molar-refractivity contribution is 0.344. The van der Waals surface area contributed by atoms with Crippen LogP contribution in [0.2, 0.25) is 0 Å². The molecular weight excluding hydrogens is 408 g/mol. The van der Waals surface area contributed by atoms with Crippen molar-refractivity contribution in [1.82, 2.24) is 0 Å². The molecule has 0 saturated heterocycles. The Hall–Kier alpha value is -3.16. The first-order valence-electron chi connectivity index (χ1n) is 11.6. The molecule has 1 fully saturated rings. The van der Waals surface area contributed by atoms with Crippen LogP contribution in [0.25, 0.3) is 0 Å². The maximum absolute atomic E-state index is 9.64. The molecule has 4 heteroatoms. The number of nitrogens with zero attached hydrogens (tertiary/aromatic N) is 2. The third kappa shape index (κ3) is 5.00. The van der Waals surface area contributed by atoms with Gasteiger partial charge >= 0.3 is 8.32 Å². The van der Waals surface area contributed by atoms with Gasteiger partial charge in [-0.3, -0.25) is 0 Å². The number of rotatable bonds is 5. The Labute approximate surface area is 192 Å². The summed E-state index contributed by atoms with van der Waals surface area (Å²) in [7, 11) is -2.85. The molecule has 0 N–H and O–H groups in total. The van der Waals surface area contributed by atoms with Crippen LogP contribution in [0, 0.1) is 17.2 Å². The highest BCUT2D eigenvalue weighted by molar-refractivity contribution is 7.07. The minimum atomic E-state index is -2.85. The molecule has 3 nitrogen and oxygen atoms in total. The summed E-state index contributed by atoms with van der Waals surface area (Å²) in [5, 5.41) is 18.0. The Morgan fingerprint density at radius 2 is 1.22 bits per heavy atom. The minimum Gasteiger partial charge on any atom is -0.438 e. The van der Waals surface area contributed by atoms with Gasteiger partial charge in [0, 0.05) is 6.42 Å². The predicted octanol–water partition coefficient (Wildman–Crippen LogP) is 4.91. The SMILES string of the molecule is N#CC1CCCCCC/C(=N\O[Si](c2ccccc2)(c2ccccc2)c2ccccc2)C1. The molecule has 0 aromatic heterocycles. The van der Waals surface area contributed by atoms with Crippen LogP contribution in [-0.2, 0) is 4.53 Å². The van der Waals surface area contributed by atoms with Crippen molar-refractivity contribution in [2.75, 3.05) is 0 Å². The van der Waals surface area contributed by atoms with Crippen LogP contribution in [0.4, 0.5) is 0 Å². The molecule has 4 rings (SSSR count). The smallest absolute Gasteiger partial charge is 0.380 e. The zero-order chi connectivity index (χ0) is 22.1. The molecule has 1 saturated carbocycles. The number of hydrogen-bond donors (Lipinski definition) is 0. The Morgan fingerprint density at radius 1 is 0.719 bits per heavy atom. The Morgan fingerprint density at radius 3 is 1.72 bits per heavy atom. The highest BCUT2D eigenvalue weighted by Crippen LogP contribution is 2.21. The minimum absolute atomic E-state index is 0.0247. The fourth-order valence-corrected chi connectivity index (χ4v) is 8.13. The van der Waals surface area contributed by atoms with E-state index in [1.165, 1.54) is 28.4 Å². The average Bonchev–Trinajstić information content (AvgIpc) is 2.98. The fourth-order valence-electron chi connectivity index (χ4n) is 4.56. The summed E-state index contributed by atoms with van der Waals surface area (Å²) in [4.78, 5) is 0. The molecular formula is C28H30N2OSi. The van der Waals surface area contributed by atoms with E-state index in [0.29, 0.717) is 6.42 Å². The summed E-state index contributed by atoms with van der Waals surface area (Å²) in [6, 6.07) is 34.0. The van der Waals surface area contributed by atoms with E-state index in [4.69, 9.17) is 9.68 Å². The van der Waals surface area contributed by atoms with Gasteiger partial charge in [-0.1, -0.05) is 110 Å². The van der Waals surface area contributed by atoms with Gasteiger partial charge in [-0.2, -0.15) is 5.26 Å². The van der Waals surface area contributed by atoms with Gasteiger partial charge in [0.15, 0.2) is 0 Å². The number of benzene rings is 3. The van der Waals surface area contributed by atoms with Gasteiger partial charge in [-0.25, -0.2) is 0 Å². The largest absolute Gasteiger partial charge is 0.438 e. The summed E-state index contributed by atoms with van der Waals surface area (Å²) in [6.07, 6.45) is 7.19. The molecule has 0 aliphatic heterocycles. The molecule has 1 unspecified atom stereocenters. The third-order valence-electron chi connectivity index (χ3n) is 6.29. The number of nitriles is 1. The van der Waals surface area contributed by atoms with E-state index in [9.17, 15) is 5.26 Å². The molecule has 0 spiro atoms. The highest BCUT2D eigenvalue weighted by atomic mass is 28.4. The topological polar surface area (TPSA) is 45.4 Å². The number of hydrogen-bond acceptors (Lipinski definition) is 3. The Bertz CT molecular complexity index is 948. The second-order valence-electron chi connectivity index (χ2n) is 8.51. The summed E-state index contributed by atoms with van der Waals surface area (Å²) >= 11 is 0. The first kappa shape index (κ1) is 22.0. The molecule has 1 aliphatic carbocycles.